The van der Waals surface area contributed by atoms with Crippen molar-refractivity contribution in [3.8, 4) is 0 Å². The maximum atomic E-state index is 14.5. The molecule has 1 aromatic carbocycles. The van der Waals surface area contributed by atoms with Gasteiger partial charge in [0.25, 0.3) is 5.91 Å². The Balaban J connectivity index is 2.30. The highest BCUT2D eigenvalue weighted by Crippen LogP contribution is 2.31. The number of anilines is 1. The second-order valence-electron chi connectivity index (χ2n) is 6.63. The highest BCUT2D eigenvalue weighted by Gasteiger charge is 2.28. The van der Waals surface area contributed by atoms with Crippen molar-refractivity contribution < 1.29 is 22.4 Å². The molecule has 0 bridgehead atoms. The van der Waals surface area contributed by atoms with Crippen molar-refractivity contribution in [1.82, 2.24) is 15.1 Å². The van der Waals surface area contributed by atoms with E-state index in [0.29, 0.717) is 18.5 Å². The minimum absolute atomic E-state index is 0.0128. The van der Waals surface area contributed by atoms with Crippen LogP contribution in [-0.2, 0) is 20.0 Å². The van der Waals surface area contributed by atoms with Crippen molar-refractivity contribution in [2.75, 3.05) is 18.5 Å². The zero-order chi connectivity index (χ0) is 21.9. The number of nitrogens with zero attached hydrogens (tertiary/aromatic N) is 3. The number of nitrogens with one attached hydrogen (secondary N) is 1. The van der Waals surface area contributed by atoms with Gasteiger partial charge in [-0.1, -0.05) is 31.9 Å². The summed E-state index contributed by atoms with van der Waals surface area (Å²) in [4.78, 5) is 13.5. The smallest absolute Gasteiger partial charge is 0.271 e. The summed E-state index contributed by atoms with van der Waals surface area (Å²) < 4.78 is 59.0. The first-order valence-corrected chi connectivity index (χ1v) is 9.58. The molecule has 10 heteroatoms. The molecule has 1 N–H and O–H groups in total. The number of halogens is 5. The Morgan fingerprint density at radius 2 is 1.72 bits per heavy atom. The van der Waals surface area contributed by atoms with Crippen LogP contribution >= 0.6 is 11.6 Å². The van der Waals surface area contributed by atoms with Crippen molar-refractivity contribution in [3.05, 3.63) is 45.2 Å². The molecule has 0 radical (unpaired) electrons. The van der Waals surface area contributed by atoms with Gasteiger partial charge in [-0.05, 0) is 12.8 Å². The Morgan fingerprint density at radius 3 is 2.21 bits per heavy atom. The van der Waals surface area contributed by atoms with Crippen LogP contribution in [0.3, 0.4) is 0 Å². The first-order valence-electron chi connectivity index (χ1n) is 9.21. The molecule has 0 saturated heterocycles. The average Bonchev–Trinajstić information content (AvgIpc) is 2.98. The zero-order valence-corrected chi connectivity index (χ0v) is 17.4. The van der Waals surface area contributed by atoms with Gasteiger partial charge in [-0.15, -0.1) is 0 Å². The summed E-state index contributed by atoms with van der Waals surface area (Å²) in [6.07, 6.45) is 1.83. The van der Waals surface area contributed by atoms with Crippen LogP contribution in [0.2, 0.25) is 5.02 Å². The highest BCUT2D eigenvalue weighted by atomic mass is 35.5. The molecule has 2 aromatic rings. The van der Waals surface area contributed by atoms with E-state index in [1.54, 1.807) is 6.92 Å². The molecule has 0 atom stereocenters. The fourth-order valence-electron chi connectivity index (χ4n) is 2.94. The van der Waals surface area contributed by atoms with Gasteiger partial charge in [0.05, 0.1) is 10.7 Å². The van der Waals surface area contributed by atoms with E-state index < -0.39 is 47.0 Å². The molecule has 1 amide bonds. The van der Waals surface area contributed by atoms with Crippen LogP contribution < -0.4 is 10.2 Å². The van der Waals surface area contributed by atoms with Crippen molar-refractivity contribution in [3.63, 3.8) is 0 Å². The number of unbranched alkanes of at least 4 members (excludes halogenated alkanes) is 1. The molecular formula is C19H23ClF4N4O. The summed E-state index contributed by atoms with van der Waals surface area (Å²) >= 11 is 6.10. The number of carbonyl (C=O) groups excluding carboxylic acids is 1. The lowest BCUT2D eigenvalue weighted by molar-refractivity contribution is 0.0940. The van der Waals surface area contributed by atoms with Crippen molar-refractivity contribution in [1.29, 1.82) is 0 Å². The standard InChI is InChI=1S/C19H23ClF4N4O/c1-5-7-8-27(3)18-15(23)13(21)10(14(22)16(18)24)9-25-19(29)17-12(20)11(6-2)26-28(17)4/h5-9H2,1-4H3,(H,25,29). The second kappa shape index (κ2) is 9.47. The Morgan fingerprint density at radius 1 is 1.14 bits per heavy atom. The lowest BCUT2D eigenvalue weighted by Crippen LogP contribution is -2.28. The number of carbonyl (C=O) groups is 1. The van der Waals surface area contributed by atoms with Crippen LogP contribution in [0.25, 0.3) is 0 Å². The summed E-state index contributed by atoms with van der Waals surface area (Å²) in [6, 6.07) is 0. The molecule has 1 heterocycles. The van der Waals surface area contributed by atoms with Gasteiger partial charge in [0.2, 0.25) is 0 Å². The molecule has 1 aromatic heterocycles. The number of amides is 1. The van der Waals surface area contributed by atoms with Gasteiger partial charge in [0.15, 0.2) is 23.3 Å². The van der Waals surface area contributed by atoms with E-state index in [1.807, 2.05) is 6.92 Å². The number of rotatable bonds is 8. The summed E-state index contributed by atoms with van der Waals surface area (Å²) in [5.74, 6) is -6.87. The molecule has 0 aliphatic heterocycles. The summed E-state index contributed by atoms with van der Waals surface area (Å²) in [5, 5.41) is 6.43. The lowest BCUT2D eigenvalue weighted by atomic mass is 10.1. The van der Waals surface area contributed by atoms with Crippen molar-refractivity contribution >= 4 is 23.2 Å². The molecule has 0 spiro atoms. The highest BCUT2D eigenvalue weighted by molar-refractivity contribution is 6.34. The first-order chi connectivity index (χ1) is 13.6. The van der Waals surface area contributed by atoms with E-state index in [2.05, 4.69) is 10.4 Å². The van der Waals surface area contributed by atoms with Gasteiger partial charge in [-0.3, -0.25) is 9.48 Å². The van der Waals surface area contributed by atoms with Crippen molar-refractivity contribution in [2.24, 2.45) is 7.05 Å². The Bertz CT molecular complexity index is 887. The largest absolute Gasteiger partial charge is 0.370 e. The number of aryl methyl sites for hydroxylation is 2. The quantitative estimate of drug-likeness (QED) is 0.496. The van der Waals surface area contributed by atoms with Crippen LogP contribution in [0.1, 0.15) is 48.4 Å². The van der Waals surface area contributed by atoms with E-state index in [1.165, 1.54) is 18.8 Å². The van der Waals surface area contributed by atoms with Crippen LogP contribution in [0.15, 0.2) is 0 Å². The molecule has 5 nitrogen and oxygen atoms in total. The van der Waals surface area contributed by atoms with Gasteiger partial charge in [-0.25, -0.2) is 17.6 Å². The number of hydrogen-bond acceptors (Lipinski definition) is 3. The Kier molecular flexibility index (Phi) is 7.51. The molecule has 0 fully saturated rings. The fraction of sp³-hybridized carbons (Fsp3) is 0.474. The third kappa shape index (κ3) is 4.49. The topological polar surface area (TPSA) is 50.2 Å². The van der Waals surface area contributed by atoms with E-state index in [-0.39, 0.29) is 17.3 Å². The zero-order valence-electron chi connectivity index (χ0n) is 16.7. The third-order valence-electron chi connectivity index (χ3n) is 4.59. The van der Waals surface area contributed by atoms with E-state index in [9.17, 15) is 22.4 Å². The summed E-state index contributed by atoms with van der Waals surface area (Å²) in [6.45, 7) is 3.15. The normalized spacial score (nSPS) is 11.1. The van der Waals surface area contributed by atoms with Crippen LogP contribution in [0.5, 0.6) is 0 Å². The predicted molar refractivity (Wildman–Crippen MR) is 103 cm³/mol. The van der Waals surface area contributed by atoms with E-state index in [0.717, 1.165) is 11.3 Å². The molecule has 0 unspecified atom stereocenters. The van der Waals surface area contributed by atoms with Crippen LogP contribution in [0.4, 0.5) is 23.2 Å². The Labute approximate surface area is 171 Å². The maximum absolute atomic E-state index is 14.5. The van der Waals surface area contributed by atoms with Gasteiger partial charge < -0.3 is 10.2 Å². The van der Waals surface area contributed by atoms with Crippen LogP contribution in [0, 0.1) is 23.3 Å². The average molecular weight is 435 g/mol. The van der Waals surface area contributed by atoms with Crippen molar-refractivity contribution in [2.45, 2.75) is 39.7 Å². The minimum atomic E-state index is -1.55. The number of aromatic nitrogens is 2. The molecule has 0 aliphatic rings. The Hall–Kier alpha value is -2.29. The first kappa shape index (κ1) is 23.0. The number of benzene rings is 1. The second-order valence-corrected chi connectivity index (χ2v) is 7.01. The van der Waals surface area contributed by atoms with Gasteiger partial charge in [-0.2, -0.15) is 5.10 Å². The fourth-order valence-corrected chi connectivity index (χ4v) is 3.32. The monoisotopic (exact) mass is 434 g/mol. The third-order valence-corrected chi connectivity index (χ3v) is 4.99. The molecule has 29 heavy (non-hydrogen) atoms. The predicted octanol–water partition coefficient (Wildman–Crippen LogP) is 4.36. The number of hydrogen-bond donors (Lipinski definition) is 1. The molecule has 0 aliphatic carbocycles. The van der Waals surface area contributed by atoms with Gasteiger partial charge in [0.1, 0.15) is 11.4 Å². The summed E-state index contributed by atoms with van der Waals surface area (Å²) in [7, 11) is 2.84. The molecular weight excluding hydrogens is 412 g/mol. The van der Waals surface area contributed by atoms with E-state index in [4.69, 9.17) is 11.6 Å². The molecule has 2 rings (SSSR count). The van der Waals surface area contributed by atoms with Crippen LogP contribution in [-0.4, -0.2) is 29.3 Å². The minimum Gasteiger partial charge on any atom is -0.370 e. The summed E-state index contributed by atoms with van der Waals surface area (Å²) in [5.41, 5.74) is -1.21. The SMILES string of the molecule is CCCCN(C)c1c(F)c(F)c(CNC(=O)c2c(Cl)c(CC)nn2C)c(F)c1F. The maximum Gasteiger partial charge on any atom is 0.271 e. The van der Waals surface area contributed by atoms with Gasteiger partial charge in [0, 0.05) is 32.7 Å². The lowest BCUT2D eigenvalue weighted by Gasteiger charge is -2.22. The molecule has 0 saturated carbocycles. The van der Waals surface area contributed by atoms with E-state index >= 15 is 0 Å². The van der Waals surface area contributed by atoms with Gasteiger partial charge >= 0.3 is 0 Å². The molecule has 160 valence electrons.